The zero-order valence-electron chi connectivity index (χ0n) is 6.52. The molecule has 3 nitrogen and oxygen atoms in total. The van der Waals surface area contributed by atoms with E-state index in [0.717, 1.165) is 0 Å². The van der Waals surface area contributed by atoms with Crippen LogP contribution in [-0.4, -0.2) is 23.5 Å². The lowest BCUT2D eigenvalue weighted by atomic mass is 10.3. The van der Waals surface area contributed by atoms with Crippen LogP contribution in [0.5, 0.6) is 0 Å². The summed E-state index contributed by atoms with van der Waals surface area (Å²) in [5.41, 5.74) is 0. The molecule has 7 heteroatoms. The van der Waals surface area contributed by atoms with Crippen LogP contribution >= 0.6 is 11.6 Å². The van der Waals surface area contributed by atoms with Crippen molar-refractivity contribution in [2.24, 2.45) is 0 Å². The van der Waals surface area contributed by atoms with Crippen molar-refractivity contribution in [2.45, 2.75) is 24.9 Å². The lowest BCUT2D eigenvalue weighted by molar-refractivity contribution is -0.201. The maximum absolute atomic E-state index is 11.5. The monoisotopic (exact) mass is 218 g/mol. The largest absolute Gasteiger partial charge is 0.491 e. The van der Waals surface area contributed by atoms with Crippen molar-refractivity contribution in [3.63, 3.8) is 0 Å². The second-order valence-corrected chi connectivity index (χ2v) is 2.61. The predicted molar refractivity (Wildman–Crippen MR) is 37.1 cm³/mol. The molecular formula is C6H6ClF3O3. The van der Waals surface area contributed by atoms with Crippen LogP contribution in [0.1, 0.15) is 13.3 Å². The van der Waals surface area contributed by atoms with Crippen molar-refractivity contribution in [1.82, 2.24) is 0 Å². The van der Waals surface area contributed by atoms with Crippen molar-refractivity contribution < 1.29 is 27.5 Å². The van der Waals surface area contributed by atoms with Gasteiger partial charge in [0.05, 0.1) is 0 Å². The number of rotatable bonds is 2. The molecule has 0 fully saturated rings. The van der Waals surface area contributed by atoms with Gasteiger partial charge >= 0.3 is 18.1 Å². The molecule has 0 aromatic rings. The van der Waals surface area contributed by atoms with Crippen molar-refractivity contribution >= 4 is 23.5 Å². The Kier molecular flexibility index (Phi) is 4.19. The van der Waals surface area contributed by atoms with Gasteiger partial charge < -0.3 is 4.74 Å². The first-order chi connectivity index (χ1) is 5.79. The fourth-order valence-electron chi connectivity index (χ4n) is 0.380. The summed E-state index contributed by atoms with van der Waals surface area (Å²) < 4.78 is 38.0. The molecule has 0 aromatic heterocycles. The Morgan fingerprint density at radius 2 is 1.92 bits per heavy atom. The Labute approximate surface area is 76.8 Å². The van der Waals surface area contributed by atoms with Gasteiger partial charge in [0.15, 0.2) is 0 Å². The van der Waals surface area contributed by atoms with Gasteiger partial charge in [-0.25, -0.2) is 9.59 Å². The van der Waals surface area contributed by atoms with Gasteiger partial charge in [-0.05, 0) is 6.42 Å². The predicted octanol–water partition coefficient (Wildman–Crippen LogP) is 1.64. The smallest absolute Gasteiger partial charge is 0.385 e. The first kappa shape index (κ1) is 12.2. The molecule has 0 saturated heterocycles. The number of esters is 2. The molecule has 0 spiro atoms. The highest BCUT2D eigenvalue weighted by Gasteiger charge is 2.43. The highest BCUT2D eigenvalue weighted by molar-refractivity contribution is 6.30. The molecule has 0 N–H and O–H groups in total. The lowest BCUT2D eigenvalue weighted by Crippen LogP contribution is -2.31. The van der Waals surface area contributed by atoms with Gasteiger partial charge in [-0.1, -0.05) is 6.92 Å². The third kappa shape index (κ3) is 4.12. The van der Waals surface area contributed by atoms with E-state index in [-0.39, 0.29) is 6.42 Å². The minimum absolute atomic E-state index is 0.0888. The van der Waals surface area contributed by atoms with Gasteiger partial charge in [-0.15, -0.1) is 11.6 Å². The van der Waals surface area contributed by atoms with E-state index >= 15 is 0 Å². The summed E-state index contributed by atoms with van der Waals surface area (Å²) in [4.78, 5) is 20.6. The van der Waals surface area contributed by atoms with Gasteiger partial charge in [-0.2, -0.15) is 13.2 Å². The summed E-state index contributed by atoms with van der Waals surface area (Å²) >= 11 is 5.22. The standard InChI is InChI=1S/C6H6ClF3O3/c1-2-3(7)4(11)13-5(12)6(8,9)10/h3H,2H2,1H3. The van der Waals surface area contributed by atoms with E-state index in [1.807, 2.05) is 0 Å². The number of hydrogen-bond donors (Lipinski definition) is 0. The molecule has 0 aliphatic rings. The Morgan fingerprint density at radius 3 is 2.23 bits per heavy atom. The number of carbonyl (C=O) groups is 2. The van der Waals surface area contributed by atoms with E-state index in [4.69, 9.17) is 11.6 Å². The van der Waals surface area contributed by atoms with Crippen molar-refractivity contribution in [1.29, 1.82) is 0 Å². The first-order valence-electron chi connectivity index (χ1n) is 3.26. The average Bonchev–Trinajstić information content (AvgIpc) is 2.01. The molecular weight excluding hydrogens is 213 g/mol. The van der Waals surface area contributed by atoms with E-state index in [1.54, 1.807) is 0 Å². The highest BCUT2D eigenvalue weighted by Crippen LogP contribution is 2.17. The quantitative estimate of drug-likeness (QED) is 0.402. The number of ether oxygens (including phenoxy) is 1. The van der Waals surface area contributed by atoms with Gasteiger partial charge in [0.2, 0.25) is 0 Å². The molecule has 13 heavy (non-hydrogen) atoms. The van der Waals surface area contributed by atoms with Crippen LogP contribution in [0.2, 0.25) is 0 Å². The van der Waals surface area contributed by atoms with Crippen LogP contribution in [0, 0.1) is 0 Å². The Hall–Kier alpha value is -0.780. The summed E-state index contributed by atoms with van der Waals surface area (Å²) in [6.45, 7) is 1.47. The molecule has 0 aliphatic carbocycles. The number of hydrogen-bond acceptors (Lipinski definition) is 3. The van der Waals surface area contributed by atoms with Crippen molar-refractivity contribution in [3.8, 4) is 0 Å². The number of halogens is 4. The SMILES string of the molecule is CCC(Cl)C(=O)OC(=O)C(F)(F)F. The molecule has 1 unspecified atom stereocenters. The lowest BCUT2D eigenvalue weighted by Gasteiger charge is -2.07. The van der Waals surface area contributed by atoms with Crippen molar-refractivity contribution in [3.05, 3.63) is 0 Å². The average molecular weight is 219 g/mol. The minimum Gasteiger partial charge on any atom is -0.385 e. The topological polar surface area (TPSA) is 43.4 Å². The maximum Gasteiger partial charge on any atom is 0.491 e. The van der Waals surface area contributed by atoms with E-state index in [9.17, 15) is 22.8 Å². The molecule has 0 heterocycles. The minimum atomic E-state index is -5.17. The third-order valence-electron chi connectivity index (χ3n) is 1.04. The summed E-state index contributed by atoms with van der Waals surface area (Å²) in [7, 11) is 0. The molecule has 0 radical (unpaired) electrons. The second kappa shape index (κ2) is 4.45. The fraction of sp³-hybridized carbons (Fsp3) is 0.667. The molecule has 1 atom stereocenters. The van der Waals surface area contributed by atoms with Crippen LogP contribution in [0.25, 0.3) is 0 Å². The molecule has 0 aliphatic heterocycles. The number of carbonyl (C=O) groups excluding carboxylic acids is 2. The van der Waals surface area contributed by atoms with Gasteiger partial charge in [-0.3, -0.25) is 0 Å². The fourth-order valence-corrected chi connectivity index (χ4v) is 0.424. The van der Waals surface area contributed by atoms with Gasteiger partial charge in [0, 0.05) is 0 Å². The van der Waals surface area contributed by atoms with Crippen LogP contribution < -0.4 is 0 Å². The molecule has 0 saturated carbocycles. The van der Waals surface area contributed by atoms with Crippen LogP contribution in [0.15, 0.2) is 0 Å². The summed E-state index contributed by atoms with van der Waals surface area (Å²) in [6, 6.07) is 0. The van der Waals surface area contributed by atoms with E-state index < -0.39 is 23.5 Å². The van der Waals surface area contributed by atoms with Crippen molar-refractivity contribution in [2.75, 3.05) is 0 Å². The first-order valence-corrected chi connectivity index (χ1v) is 3.69. The zero-order valence-corrected chi connectivity index (χ0v) is 7.28. The van der Waals surface area contributed by atoms with Crippen LogP contribution in [-0.2, 0) is 14.3 Å². The molecule has 0 amide bonds. The normalized spacial score (nSPS) is 13.6. The van der Waals surface area contributed by atoms with E-state index in [2.05, 4.69) is 4.74 Å². The number of alkyl halides is 4. The zero-order chi connectivity index (χ0) is 10.6. The Morgan fingerprint density at radius 1 is 1.46 bits per heavy atom. The second-order valence-electron chi connectivity index (χ2n) is 2.08. The molecule has 76 valence electrons. The molecule has 0 aromatic carbocycles. The van der Waals surface area contributed by atoms with Gasteiger partial charge in [0.25, 0.3) is 0 Å². The van der Waals surface area contributed by atoms with Gasteiger partial charge in [0.1, 0.15) is 5.38 Å². The van der Waals surface area contributed by atoms with E-state index in [0.29, 0.717) is 0 Å². The van der Waals surface area contributed by atoms with Crippen LogP contribution in [0.3, 0.4) is 0 Å². The Balaban J connectivity index is 4.16. The Bertz CT molecular complexity index is 214. The van der Waals surface area contributed by atoms with Crippen LogP contribution in [0.4, 0.5) is 13.2 Å². The molecule has 0 bridgehead atoms. The maximum atomic E-state index is 11.5. The highest BCUT2D eigenvalue weighted by atomic mass is 35.5. The molecule has 0 rings (SSSR count). The third-order valence-corrected chi connectivity index (χ3v) is 1.53. The summed E-state index contributed by atoms with van der Waals surface area (Å²) in [5, 5.41) is -1.23. The summed E-state index contributed by atoms with van der Waals surface area (Å²) in [6.07, 6.45) is -5.08. The van der Waals surface area contributed by atoms with E-state index in [1.165, 1.54) is 6.92 Å². The summed E-state index contributed by atoms with van der Waals surface area (Å²) in [5.74, 6) is -3.93.